The Balaban J connectivity index is 2.26. The zero-order valence-corrected chi connectivity index (χ0v) is 13.4. The molecule has 0 aliphatic rings. The van der Waals surface area contributed by atoms with E-state index in [1.54, 1.807) is 12.1 Å². The van der Waals surface area contributed by atoms with Crippen LogP contribution in [0.5, 0.6) is 0 Å². The van der Waals surface area contributed by atoms with Gasteiger partial charge < -0.3 is 5.32 Å². The molecule has 1 atom stereocenters. The molecule has 112 valence electrons. The fourth-order valence-corrected chi connectivity index (χ4v) is 2.70. The molecule has 0 saturated heterocycles. The second kappa shape index (κ2) is 7.79. The van der Waals surface area contributed by atoms with Gasteiger partial charge in [0.15, 0.2) is 0 Å². The third kappa shape index (κ3) is 4.44. The van der Waals surface area contributed by atoms with Gasteiger partial charge in [0, 0.05) is 28.1 Å². The van der Waals surface area contributed by atoms with E-state index in [4.69, 9.17) is 23.2 Å². The minimum absolute atomic E-state index is 0.150. The summed E-state index contributed by atoms with van der Waals surface area (Å²) in [5.74, 6) is -0.102. The third-order valence-electron chi connectivity index (χ3n) is 3.49. The van der Waals surface area contributed by atoms with Crippen LogP contribution in [0.25, 0.3) is 0 Å². The molecule has 2 aromatic rings. The molecule has 4 heteroatoms. The van der Waals surface area contributed by atoms with Crippen molar-refractivity contribution in [3.8, 4) is 0 Å². The summed E-state index contributed by atoms with van der Waals surface area (Å²) in [7, 11) is 0. The fourth-order valence-electron chi connectivity index (χ4n) is 2.34. The summed E-state index contributed by atoms with van der Waals surface area (Å²) in [5.41, 5.74) is 1.69. The highest BCUT2D eigenvalue weighted by Crippen LogP contribution is 2.27. The molecule has 0 aliphatic carbocycles. The van der Waals surface area contributed by atoms with Crippen molar-refractivity contribution in [1.82, 2.24) is 5.32 Å². The lowest BCUT2D eigenvalue weighted by atomic mass is 9.91. The highest BCUT2D eigenvalue weighted by molar-refractivity contribution is 6.31. The van der Waals surface area contributed by atoms with Gasteiger partial charge in [-0.25, -0.2) is 4.39 Å². The molecule has 0 fully saturated rings. The number of halogens is 3. The lowest BCUT2D eigenvalue weighted by Gasteiger charge is -2.19. The van der Waals surface area contributed by atoms with E-state index < -0.39 is 0 Å². The highest BCUT2D eigenvalue weighted by atomic mass is 35.5. The summed E-state index contributed by atoms with van der Waals surface area (Å²) in [4.78, 5) is 0. The van der Waals surface area contributed by atoms with Gasteiger partial charge in [-0.2, -0.15) is 0 Å². The molecular formula is C17H18Cl2FN. The van der Waals surface area contributed by atoms with E-state index in [0.717, 1.165) is 18.7 Å². The van der Waals surface area contributed by atoms with E-state index in [9.17, 15) is 4.39 Å². The average Bonchev–Trinajstić information content (AvgIpc) is 2.47. The molecule has 21 heavy (non-hydrogen) atoms. The minimum atomic E-state index is -0.252. The Kier molecular flexibility index (Phi) is 6.04. The predicted octanol–water partition coefficient (Wildman–Crippen LogP) is 5.07. The summed E-state index contributed by atoms with van der Waals surface area (Å²) in [6.45, 7) is 3.69. The largest absolute Gasteiger partial charge is 0.316 e. The molecule has 0 aromatic heterocycles. The number of hydrogen-bond donors (Lipinski definition) is 1. The quantitative estimate of drug-likeness (QED) is 0.782. The first kappa shape index (κ1) is 16.3. The Morgan fingerprint density at radius 1 is 1.10 bits per heavy atom. The second-order valence-electron chi connectivity index (χ2n) is 4.96. The van der Waals surface area contributed by atoms with Crippen molar-refractivity contribution < 1.29 is 4.39 Å². The van der Waals surface area contributed by atoms with Crippen molar-refractivity contribution in [2.24, 2.45) is 0 Å². The molecular weight excluding hydrogens is 308 g/mol. The van der Waals surface area contributed by atoms with Gasteiger partial charge in [-0.15, -0.1) is 0 Å². The first-order chi connectivity index (χ1) is 10.1. The zero-order chi connectivity index (χ0) is 15.2. The lowest BCUT2D eigenvalue weighted by molar-refractivity contribution is 0.562. The first-order valence-corrected chi connectivity index (χ1v) is 7.76. The molecule has 0 heterocycles. The van der Waals surface area contributed by atoms with Crippen LogP contribution in [-0.2, 0) is 6.42 Å². The van der Waals surface area contributed by atoms with E-state index in [2.05, 4.69) is 12.2 Å². The van der Waals surface area contributed by atoms with Crippen LogP contribution in [0.3, 0.4) is 0 Å². The van der Waals surface area contributed by atoms with Crippen LogP contribution in [0.4, 0.5) is 4.39 Å². The van der Waals surface area contributed by atoms with Crippen molar-refractivity contribution in [2.45, 2.75) is 19.3 Å². The summed E-state index contributed by atoms with van der Waals surface area (Å²) in [5, 5.41) is 4.50. The Morgan fingerprint density at radius 2 is 1.81 bits per heavy atom. The van der Waals surface area contributed by atoms with Gasteiger partial charge in [0.05, 0.1) is 0 Å². The van der Waals surface area contributed by atoms with Crippen molar-refractivity contribution in [3.05, 3.63) is 69.5 Å². The van der Waals surface area contributed by atoms with Crippen molar-refractivity contribution in [1.29, 1.82) is 0 Å². The number of benzene rings is 2. The summed E-state index contributed by atoms with van der Waals surface area (Å²) < 4.78 is 14.0. The van der Waals surface area contributed by atoms with Crippen molar-refractivity contribution in [2.75, 3.05) is 13.1 Å². The molecule has 0 spiro atoms. The maximum atomic E-state index is 14.0. The van der Waals surface area contributed by atoms with E-state index in [1.165, 1.54) is 6.07 Å². The standard InChI is InChI=1S/C17H18Cl2FN/c1-2-21-11-13(12-6-8-14(18)9-7-12)10-15-16(19)4-3-5-17(15)20/h3-9,13,21H,2,10-11H2,1H3. The smallest absolute Gasteiger partial charge is 0.127 e. The van der Waals surface area contributed by atoms with Crippen LogP contribution in [0.1, 0.15) is 24.0 Å². The highest BCUT2D eigenvalue weighted by Gasteiger charge is 2.16. The zero-order valence-electron chi connectivity index (χ0n) is 11.9. The van der Waals surface area contributed by atoms with Gasteiger partial charge in [0.2, 0.25) is 0 Å². The summed E-state index contributed by atoms with van der Waals surface area (Å²) >= 11 is 12.1. The topological polar surface area (TPSA) is 12.0 Å². The van der Waals surface area contributed by atoms with Gasteiger partial charge in [-0.05, 0) is 42.8 Å². The monoisotopic (exact) mass is 325 g/mol. The number of likely N-dealkylation sites (N-methyl/N-ethyl adjacent to an activating group) is 1. The molecule has 0 saturated carbocycles. The number of nitrogens with one attached hydrogen (secondary N) is 1. The molecule has 1 unspecified atom stereocenters. The molecule has 1 N–H and O–H groups in total. The van der Waals surface area contributed by atoms with E-state index in [0.29, 0.717) is 22.0 Å². The summed E-state index contributed by atoms with van der Waals surface area (Å²) in [6, 6.07) is 12.5. The average molecular weight is 326 g/mol. The SMILES string of the molecule is CCNCC(Cc1c(F)cccc1Cl)c1ccc(Cl)cc1. The first-order valence-electron chi connectivity index (χ1n) is 7.01. The number of rotatable bonds is 6. The summed E-state index contributed by atoms with van der Waals surface area (Å²) in [6.07, 6.45) is 0.556. The van der Waals surface area contributed by atoms with Gasteiger partial charge in [0.1, 0.15) is 5.82 Å². The van der Waals surface area contributed by atoms with E-state index in [-0.39, 0.29) is 11.7 Å². The Labute approximate surface area is 135 Å². The van der Waals surface area contributed by atoms with Crippen LogP contribution in [0, 0.1) is 5.82 Å². The Morgan fingerprint density at radius 3 is 2.43 bits per heavy atom. The molecule has 0 radical (unpaired) electrons. The predicted molar refractivity (Wildman–Crippen MR) is 87.9 cm³/mol. The molecule has 0 aliphatic heterocycles. The van der Waals surface area contributed by atoms with Crippen molar-refractivity contribution >= 4 is 23.2 Å². The Hall–Kier alpha value is -1.09. The molecule has 0 bridgehead atoms. The maximum absolute atomic E-state index is 14.0. The van der Waals surface area contributed by atoms with Gasteiger partial charge >= 0.3 is 0 Å². The fraction of sp³-hybridized carbons (Fsp3) is 0.294. The normalized spacial score (nSPS) is 12.4. The second-order valence-corrected chi connectivity index (χ2v) is 5.80. The third-order valence-corrected chi connectivity index (χ3v) is 4.10. The number of hydrogen-bond acceptors (Lipinski definition) is 1. The van der Waals surface area contributed by atoms with Crippen LogP contribution in [0.15, 0.2) is 42.5 Å². The van der Waals surface area contributed by atoms with Crippen LogP contribution >= 0.6 is 23.2 Å². The molecule has 0 amide bonds. The molecule has 1 nitrogen and oxygen atoms in total. The lowest BCUT2D eigenvalue weighted by Crippen LogP contribution is -2.23. The van der Waals surface area contributed by atoms with E-state index >= 15 is 0 Å². The van der Waals surface area contributed by atoms with Crippen LogP contribution < -0.4 is 5.32 Å². The van der Waals surface area contributed by atoms with E-state index in [1.807, 2.05) is 24.3 Å². The van der Waals surface area contributed by atoms with Crippen LogP contribution in [0.2, 0.25) is 10.0 Å². The molecule has 2 aromatic carbocycles. The van der Waals surface area contributed by atoms with Gasteiger partial charge in [-0.1, -0.05) is 48.3 Å². The Bertz CT molecular complexity index is 564. The van der Waals surface area contributed by atoms with Crippen LogP contribution in [-0.4, -0.2) is 13.1 Å². The van der Waals surface area contributed by atoms with Gasteiger partial charge in [0.25, 0.3) is 0 Å². The van der Waals surface area contributed by atoms with Gasteiger partial charge in [-0.3, -0.25) is 0 Å². The minimum Gasteiger partial charge on any atom is -0.316 e. The molecule has 2 rings (SSSR count). The van der Waals surface area contributed by atoms with Crippen molar-refractivity contribution in [3.63, 3.8) is 0 Å². The maximum Gasteiger partial charge on any atom is 0.127 e.